The molecule has 1 amide bonds. The number of likely N-dealkylation sites (tertiary alicyclic amines) is 2. The summed E-state index contributed by atoms with van der Waals surface area (Å²) in [6, 6.07) is 11.2. The average molecular weight is 344 g/mol. The van der Waals surface area contributed by atoms with Crippen molar-refractivity contribution in [1.82, 2.24) is 9.80 Å². The highest BCUT2D eigenvalue weighted by atomic mass is 16.5. The maximum atomic E-state index is 12.2. The summed E-state index contributed by atoms with van der Waals surface area (Å²) in [6.45, 7) is 11.3. The van der Waals surface area contributed by atoms with Gasteiger partial charge in [-0.1, -0.05) is 32.0 Å². The van der Waals surface area contributed by atoms with Crippen molar-refractivity contribution in [2.45, 2.75) is 58.7 Å². The molecular formula is C21H32N2O2. The van der Waals surface area contributed by atoms with Gasteiger partial charge in [0.1, 0.15) is 11.9 Å². The Morgan fingerprint density at radius 1 is 1.08 bits per heavy atom. The summed E-state index contributed by atoms with van der Waals surface area (Å²) in [4.78, 5) is 16.8. The van der Waals surface area contributed by atoms with Crippen LogP contribution in [0.1, 0.15) is 40.5 Å². The van der Waals surface area contributed by atoms with Crippen LogP contribution in [0.15, 0.2) is 30.3 Å². The first kappa shape index (κ1) is 18.2. The Balaban J connectivity index is 1.62. The van der Waals surface area contributed by atoms with E-state index < -0.39 is 0 Å². The predicted octanol–water partition coefficient (Wildman–Crippen LogP) is 3.42. The van der Waals surface area contributed by atoms with Crippen molar-refractivity contribution >= 4 is 5.91 Å². The lowest BCUT2D eigenvalue weighted by molar-refractivity contribution is -0.138. The summed E-state index contributed by atoms with van der Waals surface area (Å²) in [6.07, 6.45) is 2.43. The molecule has 2 atom stereocenters. The van der Waals surface area contributed by atoms with Gasteiger partial charge in [-0.2, -0.15) is 0 Å². The zero-order valence-corrected chi connectivity index (χ0v) is 16.0. The molecule has 138 valence electrons. The third-order valence-corrected chi connectivity index (χ3v) is 5.68. The van der Waals surface area contributed by atoms with Crippen molar-refractivity contribution in [3.8, 4) is 5.75 Å². The normalized spacial score (nSPS) is 25.3. The van der Waals surface area contributed by atoms with Gasteiger partial charge in [-0.3, -0.25) is 9.69 Å². The minimum absolute atomic E-state index is 0.0987. The lowest BCUT2D eigenvalue weighted by Crippen LogP contribution is -2.68. The molecule has 0 saturated carbocycles. The third kappa shape index (κ3) is 4.00. The number of carbonyl (C=O) groups is 1. The van der Waals surface area contributed by atoms with E-state index in [0.29, 0.717) is 23.9 Å². The zero-order valence-electron chi connectivity index (χ0n) is 16.0. The topological polar surface area (TPSA) is 32.8 Å². The summed E-state index contributed by atoms with van der Waals surface area (Å²) in [5.41, 5.74) is 0. The van der Waals surface area contributed by atoms with Gasteiger partial charge in [-0.25, -0.2) is 0 Å². The number of hydrogen-bond acceptors (Lipinski definition) is 3. The molecule has 4 heteroatoms. The van der Waals surface area contributed by atoms with E-state index >= 15 is 0 Å². The lowest BCUT2D eigenvalue weighted by atomic mass is 9.79. The SMILES string of the molecule is CC(C)C(=O)N1CCC([C@H]2[C@@H](Oc3ccccc3)CN2C(C)C)CC1. The van der Waals surface area contributed by atoms with Gasteiger partial charge < -0.3 is 9.64 Å². The van der Waals surface area contributed by atoms with E-state index in [0.717, 1.165) is 38.2 Å². The van der Waals surface area contributed by atoms with Gasteiger partial charge in [0.25, 0.3) is 0 Å². The first-order valence-electron chi connectivity index (χ1n) is 9.73. The standard InChI is InChI=1S/C21H32N2O2/c1-15(2)21(24)22-12-10-17(11-13-22)20-19(14-23(20)16(3)4)25-18-8-6-5-7-9-18/h5-9,15-17,19-20H,10-14H2,1-4H3/t19-,20-/m0/s1. The van der Waals surface area contributed by atoms with Crippen LogP contribution in [0.2, 0.25) is 0 Å². The summed E-state index contributed by atoms with van der Waals surface area (Å²) >= 11 is 0. The molecule has 2 fully saturated rings. The monoisotopic (exact) mass is 344 g/mol. The Bertz CT molecular complexity index is 565. The minimum atomic E-state index is 0.0987. The van der Waals surface area contributed by atoms with E-state index in [-0.39, 0.29) is 12.0 Å². The predicted molar refractivity (Wildman–Crippen MR) is 101 cm³/mol. The Labute approximate surface area is 152 Å². The maximum Gasteiger partial charge on any atom is 0.225 e. The second-order valence-corrected chi connectivity index (χ2v) is 8.07. The van der Waals surface area contributed by atoms with Crippen LogP contribution >= 0.6 is 0 Å². The van der Waals surface area contributed by atoms with Crippen LogP contribution in [-0.2, 0) is 4.79 Å². The van der Waals surface area contributed by atoms with Gasteiger partial charge in [0.15, 0.2) is 0 Å². The first-order valence-corrected chi connectivity index (χ1v) is 9.73. The van der Waals surface area contributed by atoms with Crippen molar-refractivity contribution in [2.75, 3.05) is 19.6 Å². The Morgan fingerprint density at radius 2 is 1.72 bits per heavy atom. The molecule has 0 spiro atoms. The number of piperidine rings is 1. The number of benzene rings is 1. The van der Waals surface area contributed by atoms with Crippen LogP contribution in [0.3, 0.4) is 0 Å². The molecule has 0 aliphatic carbocycles. The van der Waals surface area contributed by atoms with Crippen molar-refractivity contribution in [1.29, 1.82) is 0 Å². The lowest BCUT2D eigenvalue weighted by Gasteiger charge is -2.54. The summed E-state index contributed by atoms with van der Waals surface area (Å²) in [5, 5.41) is 0. The fraction of sp³-hybridized carbons (Fsp3) is 0.667. The van der Waals surface area contributed by atoms with Crippen LogP contribution in [-0.4, -0.2) is 53.5 Å². The van der Waals surface area contributed by atoms with Crippen molar-refractivity contribution in [2.24, 2.45) is 11.8 Å². The van der Waals surface area contributed by atoms with Crippen LogP contribution < -0.4 is 4.74 Å². The summed E-state index contributed by atoms with van der Waals surface area (Å²) in [5.74, 6) is 1.97. The molecule has 4 nitrogen and oxygen atoms in total. The molecule has 1 aromatic rings. The number of hydrogen-bond donors (Lipinski definition) is 0. The van der Waals surface area contributed by atoms with E-state index in [4.69, 9.17) is 4.74 Å². The molecule has 2 saturated heterocycles. The average Bonchev–Trinajstić information content (AvgIpc) is 2.58. The molecule has 0 radical (unpaired) electrons. The summed E-state index contributed by atoms with van der Waals surface area (Å²) < 4.78 is 6.29. The molecule has 25 heavy (non-hydrogen) atoms. The highest BCUT2D eigenvalue weighted by molar-refractivity contribution is 5.78. The summed E-state index contributed by atoms with van der Waals surface area (Å²) in [7, 11) is 0. The second-order valence-electron chi connectivity index (χ2n) is 8.07. The Hall–Kier alpha value is -1.55. The van der Waals surface area contributed by atoms with Gasteiger partial charge in [0.05, 0.1) is 6.04 Å². The van der Waals surface area contributed by atoms with E-state index in [1.165, 1.54) is 0 Å². The quantitative estimate of drug-likeness (QED) is 0.820. The molecule has 0 bridgehead atoms. The van der Waals surface area contributed by atoms with Crippen molar-refractivity contribution in [3.05, 3.63) is 30.3 Å². The Kier molecular flexibility index (Phi) is 5.67. The first-order chi connectivity index (χ1) is 12.0. The van der Waals surface area contributed by atoms with Crippen molar-refractivity contribution in [3.63, 3.8) is 0 Å². The highest BCUT2D eigenvalue weighted by Gasteiger charge is 2.47. The number of ether oxygens (including phenoxy) is 1. The third-order valence-electron chi connectivity index (χ3n) is 5.68. The Morgan fingerprint density at radius 3 is 2.28 bits per heavy atom. The smallest absolute Gasteiger partial charge is 0.225 e. The van der Waals surface area contributed by atoms with Crippen LogP contribution in [0.5, 0.6) is 5.75 Å². The largest absolute Gasteiger partial charge is 0.487 e. The van der Waals surface area contributed by atoms with Crippen LogP contribution in [0.25, 0.3) is 0 Å². The molecular weight excluding hydrogens is 312 g/mol. The van der Waals surface area contributed by atoms with E-state index in [1.807, 2.05) is 49.1 Å². The van der Waals surface area contributed by atoms with Gasteiger partial charge in [0.2, 0.25) is 5.91 Å². The molecule has 2 aliphatic heterocycles. The second kappa shape index (κ2) is 7.77. The fourth-order valence-corrected chi connectivity index (χ4v) is 4.25. The molecule has 3 rings (SSSR count). The molecule has 0 N–H and O–H groups in total. The van der Waals surface area contributed by atoms with Crippen LogP contribution in [0, 0.1) is 11.8 Å². The molecule has 0 unspecified atom stereocenters. The molecule has 2 heterocycles. The number of amides is 1. The van der Waals surface area contributed by atoms with E-state index in [9.17, 15) is 4.79 Å². The maximum absolute atomic E-state index is 12.2. The fourth-order valence-electron chi connectivity index (χ4n) is 4.25. The molecule has 1 aromatic carbocycles. The van der Waals surface area contributed by atoms with Gasteiger partial charge >= 0.3 is 0 Å². The highest BCUT2D eigenvalue weighted by Crippen LogP contribution is 2.36. The van der Waals surface area contributed by atoms with Gasteiger partial charge in [-0.15, -0.1) is 0 Å². The van der Waals surface area contributed by atoms with Gasteiger partial charge in [-0.05, 0) is 44.7 Å². The zero-order chi connectivity index (χ0) is 18.0. The van der Waals surface area contributed by atoms with E-state index in [1.54, 1.807) is 0 Å². The number of carbonyl (C=O) groups excluding carboxylic acids is 1. The number of nitrogens with zero attached hydrogens (tertiary/aromatic N) is 2. The molecule has 0 aromatic heterocycles. The van der Waals surface area contributed by atoms with Gasteiger partial charge in [0, 0.05) is 31.6 Å². The van der Waals surface area contributed by atoms with Crippen LogP contribution in [0.4, 0.5) is 0 Å². The molecule has 2 aliphatic rings. The number of rotatable bonds is 5. The van der Waals surface area contributed by atoms with E-state index in [2.05, 4.69) is 18.7 Å². The van der Waals surface area contributed by atoms with Crippen molar-refractivity contribution < 1.29 is 9.53 Å². The minimum Gasteiger partial charge on any atom is -0.487 e. The number of para-hydroxylation sites is 1.